The van der Waals surface area contributed by atoms with E-state index in [-0.39, 0.29) is 35.7 Å². The van der Waals surface area contributed by atoms with Crippen LogP contribution in [-0.2, 0) is 16.0 Å². The number of unbranched alkanes of at least 4 members (excludes halogenated alkanes) is 2. The summed E-state index contributed by atoms with van der Waals surface area (Å²) < 4.78 is 5.64. The van der Waals surface area contributed by atoms with Crippen molar-refractivity contribution in [2.75, 3.05) is 33.7 Å². The van der Waals surface area contributed by atoms with Crippen LogP contribution in [0.2, 0.25) is 0 Å². The van der Waals surface area contributed by atoms with Gasteiger partial charge in [-0.25, -0.2) is 4.79 Å². The lowest BCUT2D eigenvalue weighted by atomic mass is 9.79. The van der Waals surface area contributed by atoms with E-state index in [4.69, 9.17) is 4.74 Å². The molecule has 2 aliphatic heterocycles. The Morgan fingerprint density at radius 1 is 1.06 bits per heavy atom. The van der Waals surface area contributed by atoms with Crippen molar-refractivity contribution in [3.05, 3.63) is 29.3 Å². The van der Waals surface area contributed by atoms with Crippen LogP contribution >= 0.6 is 12.4 Å². The highest BCUT2D eigenvalue weighted by molar-refractivity contribution is 5.98. The molecule has 0 saturated carbocycles. The van der Waals surface area contributed by atoms with Gasteiger partial charge in [-0.1, -0.05) is 32.4 Å². The molecule has 3 aliphatic rings. The lowest BCUT2D eigenvalue weighted by molar-refractivity contribution is -0.152. The summed E-state index contributed by atoms with van der Waals surface area (Å²) in [5.74, 6) is 1.17. The van der Waals surface area contributed by atoms with Crippen LogP contribution in [0.1, 0.15) is 75.8 Å². The van der Waals surface area contributed by atoms with Crippen molar-refractivity contribution in [2.45, 2.75) is 77.2 Å². The molecule has 7 nitrogen and oxygen atoms in total. The van der Waals surface area contributed by atoms with E-state index in [1.165, 1.54) is 20.9 Å². The molecule has 0 N–H and O–H groups in total. The molecule has 0 radical (unpaired) electrons. The molecule has 1 aromatic rings. The number of imide groups is 1. The Bertz CT molecular complexity index is 928. The zero-order chi connectivity index (χ0) is 24.5. The summed E-state index contributed by atoms with van der Waals surface area (Å²) in [6, 6.07) is 6.66. The highest BCUT2D eigenvalue weighted by Crippen LogP contribution is 2.44. The van der Waals surface area contributed by atoms with Crippen molar-refractivity contribution >= 4 is 30.3 Å². The molecule has 35 heavy (non-hydrogen) atoms. The van der Waals surface area contributed by atoms with Crippen LogP contribution in [0.5, 0.6) is 5.75 Å². The summed E-state index contributed by atoms with van der Waals surface area (Å²) in [4.78, 5) is 42.3. The van der Waals surface area contributed by atoms with Crippen molar-refractivity contribution in [2.24, 2.45) is 5.41 Å². The molecule has 8 heteroatoms. The van der Waals surface area contributed by atoms with E-state index in [2.05, 4.69) is 11.0 Å². The fraction of sp³-hybridized carbons (Fsp3) is 0.667. The molecule has 2 saturated heterocycles. The largest absolute Gasteiger partial charge is 0.414 e. The summed E-state index contributed by atoms with van der Waals surface area (Å²) in [5, 5.41) is 0. The van der Waals surface area contributed by atoms with E-state index in [1.54, 1.807) is 14.1 Å². The van der Waals surface area contributed by atoms with E-state index >= 15 is 0 Å². The third-order valence-corrected chi connectivity index (χ3v) is 7.67. The smallest absolute Gasteiger partial charge is 0.410 e. The molecular weight excluding hydrogens is 466 g/mol. The van der Waals surface area contributed by atoms with Crippen LogP contribution < -0.4 is 4.74 Å². The maximum Gasteiger partial charge on any atom is 0.414 e. The molecule has 2 fully saturated rings. The number of piperidine rings is 1. The molecule has 2 heterocycles. The Morgan fingerprint density at radius 2 is 1.74 bits per heavy atom. The second-order valence-electron chi connectivity index (χ2n) is 11.1. The summed E-state index contributed by atoms with van der Waals surface area (Å²) in [7, 11) is 3.40. The summed E-state index contributed by atoms with van der Waals surface area (Å²) in [6.07, 6.45) is 6.73. The van der Waals surface area contributed by atoms with Gasteiger partial charge in [-0.3, -0.25) is 19.4 Å². The number of fused-ring (bicyclic) bond motifs is 3. The predicted molar refractivity (Wildman–Crippen MR) is 138 cm³/mol. The maximum absolute atomic E-state index is 12.3. The number of carbonyl (C=O) groups is 3. The van der Waals surface area contributed by atoms with E-state index < -0.39 is 0 Å². The van der Waals surface area contributed by atoms with Crippen LogP contribution in [0, 0.1) is 5.41 Å². The number of ether oxygens (including phenoxy) is 1. The number of likely N-dealkylation sites (tertiary alicyclic amines) is 2. The third kappa shape index (κ3) is 6.18. The van der Waals surface area contributed by atoms with Crippen molar-refractivity contribution in [3.63, 3.8) is 0 Å². The second kappa shape index (κ2) is 11.3. The number of hydrogen-bond acceptors (Lipinski definition) is 5. The van der Waals surface area contributed by atoms with Crippen LogP contribution in [0.15, 0.2) is 18.2 Å². The average Bonchev–Trinajstić information content (AvgIpc) is 3.18. The number of hydrogen-bond donors (Lipinski definition) is 0. The topological polar surface area (TPSA) is 70.2 Å². The SMILES string of the molecule is CN(C)C(=O)Oc1cccc2c1CC[C@@H]1[C@H]2CCN1CCCCCN1C(=O)CC(C)(C)CC1=O.Cl. The maximum atomic E-state index is 12.3. The molecule has 1 aliphatic carbocycles. The summed E-state index contributed by atoms with van der Waals surface area (Å²) in [5.41, 5.74) is 2.33. The monoisotopic (exact) mass is 505 g/mol. The standard InChI is InChI=1S/C27H39N3O4.ClH/c1-27(2)17-24(31)30(25(32)18-27)15-7-5-6-14-29-16-13-20-19-9-8-10-23(34-26(33)28(3)4)21(19)11-12-22(20)29;/h8-10,20,22H,5-7,11-18H2,1-4H3;1H/t20-,22+;/m0./s1. The van der Waals surface area contributed by atoms with Crippen molar-refractivity contribution in [1.29, 1.82) is 0 Å². The van der Waals surface area contributed by atoms with Gasteiger partial charge in [-0.05, 0) is 67.8 Å². The van der Waals surface area contributed by atoms with Gasteiger partial charge in [0, 0.05) is 45.4 Å². The Balaban J connectivity index is 0.00000342. The number of benzene rings is 1. The van der Waals surface area contributed by atoms with Gasteiger partial charge in [-0.2, -0.15) is 0 Å². The average molecular weight is 506 g/mol. The van der Waals surface area contributed by atoms with Crippen molar-refractivity contribution in [3.8, 4) is 5.75 Å². The van der Waals surface area contributed by atoms with E-state index in [0.29, 0.717) is 37.1 Å². The fourth-order valence-corrected chi connectivity index (χ4v) is 5.93. The second-order valence-corrected chi connectivity index (χ2v) is 11.1. The van der Waals surface area contributed by atoms with E-state index in [1.807, 2.05) is 26.0 Å². The normalized spacial score (nSPS) is 23.4. The lowest BCUT2D eigenvalue weighted by Crippen LogP contribution is -2.46. The molecule has 0 aromatic heterocycles. The fourth-order valence-electron chi connectivity index (χ4n) is 5.93. The van der Waals surface area contributed by atoms with Gasteiger partial charge in [0.05, 0.1) is 0 Å². The minimum atomic E-state index is -0.333. The van der Waals surface area contributed by atoms with Gasteiger partial charge in [0.25, 0.3) is 0 Å². The molecule has 194 valence electrons. The predicted octanol–water partition coefficient (Wildman–Crippen LogP) is 4.62. The van der Waals surface area contributed by atoms with E-state index in [0.717, 1.165) is 51.6 Å². The van der Waals surface area contributed by atoms with Gasteiger partial charge in [0.1, 0.15) is 5.75 Å². The number of amides is 3. The molecule has 0 bridgehead atoms. The van der Waals surface area contributed by atoms with E-state index in [9.17, 15) is 14.4 Å². The molecule has 0 spiro atoms. The summed E-state index contributed by atoms with van der Waals surface area (Å²) in [6.45, 7) is 6.69. The highest BCUT2D eigenvalue weighted by Gasteiger charge is 2.39. The lowest BCUT2D eigenvalue weighted by Gasteiger charge is -2.35. The molecule has 2 atom stereocenters. The number of carbonyl (C=O) groups excluding carboxylic acids is 3. The number of halogens is 1. The van der Waals surface area contributed by atoms with Crippen LogP contribution in [-0.4, -0.2) is 72.4 Å². The van der Waals surface area contributed by atoms with Crippen LogP contribution in [0.4, 0.5) is 4.79 Å². The Kier molecular flexibility index (Phi) is 8.86. The van der Waals surface area contributed by atoms with Crippen LogP contribution in [0.3, 0.4) is 0 Å². The zero-order valence-electron chi connectivity index (χ0n) is 21.5. The third-order valence-electron chi connectivity index (χ3n) is 7.67. The first kappa shape index (κ1) is 27.5. The van der Waals surface area contributed by atoms with Gasteiger partial charge in [0.15, 0.2) is 0 Å². The van der Waals surface area contributed by atoms with Crippen LogP contribution in [0.25, 0.3) is 0 Å². The van der Waals surface area contributed by atoms with Crippen molar-refractivity contribution < 1.29 is 19.1 Å². The number of rotatable bonds is 7. The van der Waals surface area contributed by atoms with Gasteiger partial charge in [-0.15, -0.1) is 12.4 Å². The molecular formula is C27H40ClN3O4. The summed E-state index contributed by atoms with van der Waals surface area (Å²) >= 11 is 0. The van der Waals surface area contributed by atoms with Crippen molar-refractivity contribution in [1.82, 2.24) is 14.7 Å². The van der Waals surface area contributed by atoms with Gasteiger partial charge in [0.2, 0.25) is 11.8 Å². The zero-order valence-corrected chi connectivity index (χ0v) is 22.4. The minimum Gasteiger partial charge on any atom is -0.410 e. The quantitative estimate of drug-likeness (QED) is 0.399. The highest BCUT2D eigenvalue weighted by atomic mass is 35.5. The molecule has 0 unspecified atom stereocenters. The first-order chi connectivity index (χ1) is 16.2. The number of nitrogens with zero attached hydrogens (tertiary/aromatic N) is 3. The molecule has 3 amide bonds. The minimum absolute atomic E-state index is 0. The Labute approximate surface area is 215 Å². The first-order valence-electron chi connectivity index (χ1n) is 12.7. The first-order valence-corrected chi connectivity index (χ1v) is 12.7. The Morgan fingerprint density at radius 3 is 2.43 bits per heavy atom. The molecule has 1 aromatic carbocycles. The Hall–Kier alpha value is -2.12. The van der Waals surface area contributed by atoms with Gasteiger partial charge >= 0.3 is 6.09 Å². The molecule has 4 rings (SSSR count). The van der Waals surface area contributed by atoms with Gasteiger partial charge < -0.3 is 9.64 Å².